The van der Waals surface area contributed by atoms with E-state index in [-0.39, 0.29) is 0 Å². The molecule has 0 aliphatic heterocycles. The van der Waals surface area contributed by atoms with E-state index in [2.05, 4.69) is 56.6 Å². The van der Waals surface area contributed by atoms with E-state index < -0.39 is 0 Å². The van der Waals surface area contributed by atoms with Crippen molar-refractivity contribution >= 4 is 0 Å². The zero-order chi connectivity index (χ0) is 11.6. The molecule has 3 heteroatoms. The first-order valence-corrected chi connectivity index (χ1v) is 5.78. The van der Waals surface area contributed by atoms with E-state index in [1.165, 1.54) is 11.3 Å². The summed E-state index contributed by atoms with van der Waals surface area (Å²) in [6, 6.07) is 0.828. The molecule has 1 heterocycles. The summed E-state index contributed by atoms with van der Waals surface area (Å²) < 4.78 is 2.11. The Hall–Kier alpha value is -0.830. The Balaban J connectivity index is 3.07. The minimum absolute atomic E-state index is 0.391. The Bertz CT molecular complexity index is 326. The van der Waals surface area contributed by atoms with Crippen LogP contribution in [0.5, 0.6) is 0 Å². The van der Waals surface area contributed by atoms with Gasteiger partial charge in [0.15, 0.2) is 0 Å². The van der Waals surface area contributed by atoms with Crippen molar-refractivity contribution in [2.45, 2.75) is 53.6 Å². The third-order valence-corrected chi connectivity index (χ3v) is 2.81. The summed E-state index contributed by atoms with van der Waals surface area (Å²) in [7, 11) is 0. The van der Waals surface area contributed by atoms with Gasteiger partial charge >= 0.3 is 0 Å². The summed E-state index contributed by atoms with van der Waals surface area (Å²) in [5.74, 6) is 0. The molecule has 0 aliphatic carbocycles. The van der Waals surface area contributed by atoms with Gasteiger partial charge in [-0.05, 0) is 41.2 Å². The summed E-state index contributed by atoms with van der Waals surface area (Å²) in [6.45, 7) is 13.9. The molecule has 0 amide bonds. The van der Waals surface area contributed by atoms with Gasteiger partial charge in [0.2, 0.25) is 0 Å². The second-order valence-corrected chi connectivity index (χ2v) is 4.40. The van der Waals surface area contributed by atoms with Crippen LogP contribution in [0.2, 0.25) is 0 Å². The van der Waals surface area contributed by atoms with Crippen molar-refractivity contribution in [2.24, 2.45) is 0 Å². The fourth-order valence-corrected chi connectivity index (χ4v) is 2.21. The number of aryl methyl sites for hydroxylation is 1. The number of aromatic nitrogens is 2. The standard InChI is InChI=1S/C12H23N3/c1-7-13-9(4)12-10(5)14-15(8(2)3)11(12)6/h8-9,13H,7H2,1-6H3. The SMILES string of the molecule is CCNC(C)c1c(C)nn(C(C)C)c1C. The first-order chi connectivity index (χ1) is 6.99. The quantitative estimate of drug-likeness (QED) is 0.826. The van der Waals surface area contributed by atoms with E-state index in [1.807, 2.05) is 0 Å². The molecule has 0 fully saturated rings. The molecule has 0 saturated heterocycles. The van der Waals surface area contributed by atoms with Crippen molar-refractivity contribution < 1.29 is 0 Å². The third kappa shape index (κ3) is 2.40. The van der Waals surface area contributed by atoms with Gasteiger partial charge in [0, 0.05) is 23.3 Å². The normalized spacial score (nSPS) is 13.5. The van der Waals surface area contributed by atoms with Gasteiger partial charge in [-0.1, -0.05) is 6.92 Å². The molecule has 1 rings (SSSR count). The minimum Gasteiger partial charge on any atom is -0.310 e. The highest BCUT2D eigenvalue weighted by Gasteiger charge is 2.17. The van der Waals surface area contributed by atoms with Crippen LogP contribution in [0.25, 0.3) is 0 Å². The van der Waals surface area contributed by atoms with Crippen LogP contribution in [0.15, 0.2) is 0 Å². The smallest absolute Gasteiger partial charge is 0.0644 e. The second kappa shape index (κ2) is 4.79. The maximum Gasteiger partial charge on any atom is 0.0644 e. The lowest BCUT2D eigenvalue weighted by Crippen LogP contribution is -2.19. The van der Waals surface area contributed by atoms with E-state index in [0.717, 1.165) is 12.2 Å². The van der Waals surface area contributed by atoms with Gasteiger partial charge in [0.1, 0.15) is 0 Å². The summed E-state index contributed by atoms with van der Waals surface area (Å²) in [4.78, 5) is 0. The number of nitrogens with one attached hydrogen (secondary N) is 1. The molecule has 1 atom stereocenters. The Morgan fingerprint density at radius 3 is 2.27 bits per heavy atom. The van der Waals surface area contributed by atoms with E-state index in [9.17, 15) is 0 Å². The van der Waals surface area contributed by atoms with Gasteiger partial charge in [-0.3, -0.25) is 4.68 Å². The van der Waals surface area contributed by atoms with Gasteiger partial charge in [-0.25, -0.2) is 0 Å². The highest BCUT2D eigenvalue weighted by molar-refractivity contribution is 5.28. The maximum absolute atomic E-state index is 4.59. The molecule has 3 nitrogen and oxygen atoms in total. The molecule has 86 valence electrons. The molecule has 0 spiro atoms. The van der Waals surface area contributed by atoms with E-state index in [0.29, 0.717) is 12.1 Å². The van der Waals surface area contributed by atoms with Crippen LogP contribution in [-0.2, 0) is 0 Å². The van der Waals surface area contributed by atoms with Gasteiger partial charge in [-0.2, -0.15) is 5.10 Å². The summed E-state index contributed by atoms with van der Waals surface area (Å²) >= 11 is 0. The molecule has 0 saturated carbocycles. The Labute approximate surface area is 92.9 Å². The highest BCUT2D eigenvalue weighted by atomic mass is 15.3. The molecular formula is C12H23N3. The Kier molecular flexibility index (Phi) is 3.91. The van der Waals surface area contributed by atoms with Crippen LogP contribution in [0.1, 0.15) is 56.7 Å². The second-order valence-electron chi connectivity index (χ2n) is 4.40. The minimum atomic E-state index is 0.391. The molecule has 0 aromatic carbocycles. The molecule has 15 heavy (non-hydrogen) atoms. The van der Waals surface area contributed by atoms with Crippen LogP contribution in [0, 0.1) is 13.8 Å². The van der Waals surface area contributed by atoms with Crippen molar-refractivity contribution in [3.05, 3.63) is 17.0 Å². The fourth-order valence-electron chi connectivity index (χ4n) is 2.21. The predicted octanol–water partition coefficient (Wildman–Crippen LogP) is 2.75. The van der Waals surface area contributed by atoms with Crippen LogP contribution >= 0.6 is 0 Å². The number of nitrogens with zero attached hydrogens (tertiary/aromatic N) is 2. The first-order valence-electron chi connectivity index (χ1n) is 5.78. The van der Waals surface area contributed by atoms with Crippen molar-refractivity contribution in [1.82, 2.24) is 15.1 Å². The van der Waals surface area contributed by atoms with Gasteiger partial charge in [0.25, 0.3) is 0 Å². The number of hydrogen-bond acceptors (Lipinski definition) is 2. The zero-order valence-corrected chi connectivity index (χ0v) is 10.8. The number of hydrogen-bond donors (Lipinski definition) is 1. The average molecular weight is 209 g/mol. The summed E-state index contributed by atoms with van der Waals surface area (Å²) in [6.07, 6.45) is 0. The summed E-state index contributed by atoms with van der Waals surface area (Å²) in [5, 5.41) is 8.03. The van der Waals surface area contributed by atoms with E-state index >= 15 is 0 Å². The monoisotopic (exact) mass is 209 g/mol. The van der Waals surface area contributed by atoms with Crippen LogP contribution in [0.4, 0.5) is 0 Å². The Morgan fingerprint density at radius 1 is 1.27 bits per heavy atom. The predicted molar refractivity (Wildman–Crippen MR) is 64.2 cm³/mol. The van der Waals surface area contributed by atoms with Crippen molar-refractivity contribution in [3.63, 3.8) is 0 Å². The molecule has 1 aromatic heterocycles. The lowest BCUT2D eigenvalue weighted by Gasteiger charge is -2.14. The van der Waals surface area contributed by atoms with Gasteiger partial charge in [0.05, 0.1) is 5.69 Å². The lowest BCUT2D eigenvalue weighted by atomic mass is 10.1. The zero-order valence-electron chi connectivity index (χ0n) is 10.8. The fraction of sp³-hybridized carbons (Fsp3) is 0.750. The van der Waals surface area contributed by atoms with Crippen LogP contribution in [-0.4, -0.2) is 16.3 Å². The third-order valence-electron chi connectivity index (χ3n) is 2.81. The van der Waals surface area contributed by atoms with Crippen LogP contribution < -0.4 is 5.32 Å². The lowest BCUT2D eigenvalue weighted by molar-refractivity contribution is 0.513. The number of rotatable bonds is 4. The van der Waals surface area contributed by atoms with Gasteiger partial charge in [-0.15, -0.1) is 0 Å². The highest BCUT2D eigenvalue weighted by Crippen LogP contribution is 2.23. The molecule has 0 bridgehead atoms. The maximum atomic E-state index is 4.59. The molecular weight excluding hydrogens is 186 g/mol. The largest absolute Gasteiger partial charge is 0.310 e. The summed E-state index contributed by atoms with van der Waals surface area (Å²) in [5.41, 5.74) is 3.79. The van der Waals surface area contributed by atoms with E-state index in [4.69, 9.17) is 0 Å². The topological polar surface area (TPSA) is 29.9 Å². The van der Waals surface area contributed by atoms with Crippen molar-refractivity contribution in [3.8, 4) is 0 Å². The average Bonchev–Trinajstić information content (AvgIpc) is 2.42. The first kappa shape index (κ1) is 12.2. The molecule has 1 N–H and O–H groups in total. The van der Waals surface area contributed by atoms with E-state index in [1.54, 1.807) is 0 Å². The molecule has 0 radical (unpaired) electrons. The molecule has 1 unspecified atom stereocenters. The Morgan fingerprint density at radius 2 is 1.87 bits per heavy atom. The van der Waals surface area contributed by atoms with Crippen molar-refractivity contribution in [2.75, 3.05) is 6.54 Å². The van der Waals surface area contributed by atoms with Gasteiger partial charge < -0.3 is 5.32 Å². The molecule has 0 aliphatic rings. The van der Waals surface area contributed by atoms with Crippen LogP contribution in [0.3, 0.4) is 0 Å². The molecule has 1 aromatic rings. The van der Waals surface area contributed by atoms with Crippen molar-refractivity contribution in [1.29, 1.82) is 0 Å².